The van der Waals surface area contributed by atoms with Crippen LogP contribution in [0.1, 0.15) is 46.5 Å². The summed E-state index contributed by atoms with van der Waals surface area (Å²) < 4.78 is 0. The summed E-state index contributed by atoms with van der Waals surface area (Å²) in [6.45, 7) is 9.85. The molecule has 0 aromatic carbocycles. The molecule has 14 heavy (non-hydrogen) atoms. The average molecular weight is 199 g/mol. The van der Waals surface area contributed by atoms with E-state index >= 15 is 0 Å². The zero-order chi connectivity index (χ0) is 10.6. The molecule has 0 spiro atoms. The number of likely N-dealkylation sites (tertiary alicyclic amines) is 1. The molecule has 84 valence electrons. The first-order valence-electron chi connectivity index (χ1n) is 6.11. The van der Waals surface area contributed by atoms with Gasteiger partial charge in [-0.1, -0.05) is 33.6 Å². The smallest absolute Gasteiger partial charge is 0.0700 e. The first-order chi connectivity index (χ1) is 6.66. The van der Waals surface area contributed by atoms with E-state index in [0.29, 0.717) is 5.92 Å². The number of rotatable bonds is 4. The molecule has 1 aliphatic rings. The van der Waals surface area contributed by atoms with Crippen molar-refractivity contribution in [3.63, 3.8) is 0 Å². The van der Waals surface area contributed by atoms with Gasteiger partial charge in [0.2, 0.25) is 0 Å². The van der Waals surface area contributed by atoms with Crippen LogP contribution in [0.25, 0.3) is 0 Å². The summed E-state index contributed by atoms with van der Waals surface area (Å²) in [4.78, 5) is 2.43. The Bertz CT molecular complexity index is 158. The fraction of sp³-hybridized carbons (Fsp3) is 1.00. The van der Waals surface area contributed by atoms with E-state index in [4.69, 9.17) is 0 Å². The van der Waals surface area contributed by atoms with Crippen molar-refractivity contribution in [1.29, 1.82) is 0 Å². The maximum absolute atomic E-state index is 10.5. The van der Waals surface area contributed by atoms with Crippen molar-refractivity contribution in [3.8, 4) is 0 Å². The summed E-state index contributed by atoms with van der Waals surface area (Å²) in [6.07, 6.45) is 4.15. The molecule has 2 nitrogen and oxygen atoms in total. The lowest BCUT2D eigenvalue weighted by Gasteiger charge is -2.42. The molecule has 1 fully saturated rings. The monoisotopic (exact) mass is 199 g/mol. The van der Waals surface area contributed by atoms with Crippen LogP contribution in [0.5, 0.6) is 0 Å². The lowest BCUT2D eigenvalue weighted by molar-refractivity contribution is -0.0686. The van der Waals surface area contributed by atoms with Crippen molar-refractivity contribution in [2.75, 3.05) is 19.6 Å². The van der Waals surface area contributed by atoms with Crippen molar-refractivity contribution >= 4 is 0 Å². The van der Waals surface area contributed by atoms with Gasteiger partial charge in [-0.2, -0.15) is 0 Å². The minimum absolute atomic E-state index is 0.366. The number of hydrogen-bond acceptors (Lipinski definition) is 2. The standard InChI is InChI=1S/C12H25NO/c1-4-11(5-2)12(14)7-9-13(6-3)10-8-12/h11,14H,4-10H2,1-3H3. The Hall–Kier alpha value is -0.0800. The van der Waals surface area contributed by atoms with Crippen molar-refractivity contribution < 1.29 is 5.11 Å². The fourth-order valence-electron chi connectivity index (χ4n) is 2.71. The Kier molecular flexibility index (Phi) is 4.39. The zero-order valence-electron chi connectivity index (χ0n) is 9.92. The van der Waals surface area contributed by atoms with Gasteiger partial charge < -0.3 is 10.0 Å². The molecule has 0 aromatic heterocycles. The highest BCUT2D eigenvalue weighted by Gasteiger charge is 2.37. The Morgan fingerprint density at radius 1 is 1.14 bits per heavy atom. The minimum atomic E-state index is -0.366. The normalized spacial score (nSPS) is 22.9. The highest BCUT2D eigenvalue weighted by Crippen LogP contribution is 2.33. The van der Waals surface area contributed by atoms with E-state index in [9.17, 15) is 5.11 Å². The van der Waals surface area contributed by atoms with Gasteiger partial charge in [0.25, 0.3) is 0 Å². The predicted molar refractivity (Wildman–Crippen MR) is 60.4 cm³/mol. The van der Waals surface area contributed by atoms with Gasteiger partial charge in [0, 0.05) is 13.1 Å². The molecule has 1 saturated heterocycles. The molecule has 0 aliphatic carbocycles. The summed E-state index contributed by atoms with van der Waals surface area (Å²) in [5.41, 5.74) is -0.366. The van der Waals surface area contributed by atoms with E-state index < -0.39 is 0 Å². The van der Waals surface area contributed by atoms with Crippen LogP contribution in [0.15, 0.2) is 0 Å². The van der Waals surface area contributed by atoms with Crippen LogP contribution in [0.2, 0.25) is 0 Å². The summed E-state index contributed by atoms with van der Waals surface area (Å²) in [5.74, 6) is 0.501. The summed E-state index contributed by atoms with van der Waals surface area (Å²) in [5, 5.41) is 10.5. The molecule has 1 heterocycles. The third-order valence-corrected chi connectivity index (χ3v) is 3.91. The van der Waals surface area contributed by atoms with Gasteiger partial charge in [-0.25, -0.2) is 0 Å². The highest BCUT2D eigenvalue weighted by atomic mass is 16.3. The van der Waals surface area contributed by atoms with E-state index in [2.05, 4.69) is 25.7 Å². The first-order valence-corrected chi connectivity index (χ1v) is 6.11. The molecular formula is C12H25NO. The molecule has 2 heteroatoms. The van der Waals surface area contributed by atoms with Crippen LogP contribution >= 0.6 is 0 Å². The molecule has 0 amide bonds. The molecule has 0 saturated carbocycles. The van der Waals surface area contributed by atoms with Gasteiger partial charge in [-0.3, -0.25) is 0 Å². The van der Waals surface area contributed by atoms with E-state index in [1.54, 1.807) is 0 Å². The van der Waals surface area contributed by atoms with Crippen molar-refractivity contribution in [2.24, 2.45) is 5.92 Å². The second kappa shape index (κ2) is 5.13. The van der Waals surface area contributed by atoms with Gasteiger partial charge in [-0.05, 0) is 25.3 Å². The molecule has 0 bridgehead atoms. The summed E-state index contributed by atoms with van der Waals surface area (Å²) in [7, 11) is 0. The molecular weight excluding hydrogens is 174 g/mol. The quantitative estimate of drug-likeness (QED) is 0.751. The fourth-order valence-corrected chi connectivity index (χ4v) is 2.71. The Balaban J connectivity index is 2.51. The highest BCUT2D eigenvalue weighted by molar-refractivity contribution is 4.90. The van der Waals surface area contributed by atoms with Gasteiger partial charge in [0.1, 0.15) is 0 Å². The van der Waals surface area contributed by atoms with Gasteiger partial charge >= 0.3 is 0 Å². The van der Waals surface area contributed by atoms with E-state index in [1.807, 2.05) is 0 Å². The Morgan fingerprint density at radius 2 is 1.64 bits per heavy atom. The van der Waals surface area contributed by atoms with E-state index in [1.165, 1.54) is 0 Å². The van der Waals surface area contributed by atoms with Crippen molar-refractivity contribution in [3.05, 3.63) is 0 Å². The first kappa shape index (κ1) is 12.0. The second-order valence-electron chi connectivity index (χ2n) is 4.55. The predicted octanol–water partition coefficient (Wildman–Crippen LogP) is 2.27. The van der Waals surface area contributed by atoms with Gasteiger partial charge in [-0.15, -0.1) is 0 Å². The third kappa shape index (κ3) is 2.48. The summed E-state index contributed by atoms with van der Waals surface area (Å²) in [6, 6.07) is 0. The number of nitrogens with zero attached hydrogens (tertiary/aromatic N) is 1. The van der Waals surface area contributed by atoms with Crippen molar-refractivity contribution in [1.82, 2.24) is 4.90 Å². The lowest BCUT2D eigenvalue weighted by Crippen LogP contribution is -2.48. The molecule has 1 aliphatic heterocycles. The van der Waals surface area contributed by atoms with Gasteiger partial charge in [0.15, 0.2) is 0 Å². The molecule has 1 rings (SSSR count). The van der Waals surface area contributed by atoms with Crippen LogP contribution < -0.4 is 0 Å². The van der Waals surface area contributed by atoms with Crippen LogP contribution in [0, 0.1) is 5.92 Å². The number of piperidine rings is 1. The zero-order valence-corrected chi connectivity index (χ0v) is 9.92. The van der Waals surface area contributed by atoms with E-state index in [-0.39, 0.29) is 5.60 Å². The third-order valence-electron chi connectivity index (χ3n) is 3.91. The Labute approximate surface area is 88.3 Å². The van der Waals surface area contributed by atoms with Crippen molar-refractivity contribution in [2.45, 2.75) is 52.1 Å². The van der Waals surface area contributed by atoms with Crippen LogP contribution in [0.3, 0.4) is 0 Å². The molecule has 0 aromatic rings. The molecule has 0 unspecified atom stereocenters. The van der Waals surface area contributed by atoms with Gasteiger partial charge in [0.05, 0.1) is 5.60 Å². The number of hydrogen-bond donors (Lipinski definition) is 1. The average Bonchev–Trinajstić information content (AvgIpc) is 2.20. The minimum Gasteiger partial charge on any atom is -0.390 e. The Morgan fingerprint density at radius 3 is 2.00 bits per heavy atom. The molecule has 0 radical (unpaired) electrons. The van der Waals surface area contributed by atoms with E-state index in [0.717, 1.165) is 45.3 Å². The molecule has 1 N–H and O–H groups in total. The van der Waals surface area contributed by atoms with Crippen LogP contribution in [0.4, 0.5) is 0 Å². The largest absolute Gasteiger partial charge is 0.390 e. The lowest BCUT2D eigenvalue weighted by atomic mass is 9.77. The molecule has 0 atom stereocenters. The second-order valence-corrected chi connectivity index (χ2v) is 4.55. The summed E-state index contributed by atoms with van der Waals surface area (Å²) >= 11 is 0. The number of aliphatic hydroxyl groups is 1. The topological polar surface area (TPSA) is 23.5 Å². The van der Waals surface area contributed by atoms with Crippen LogP contribution in [-0.4, -0.2) is 35.2 Å². The maximum atomic E-state index is 10.5. The maximum Gasteiger partial charge on any atom is 0.0700 e. The van der Waals surface area contributed by atoms with Crippen LogP contribution in [-0.2, 0) is 0 Å². The SMILES string of the molecule is CCC(CC)C1(O)CCN(CC)CC1.